The minimum absolute atomic E-state index is 0.00781. The third-order valence-electron chi connectivity index (χ3n) is 6.31. The number of rotatable bonds is 6. The Kier molecular flexibility index (Phi) is 6.50. The molecule has 3 N–H and O–H groups in total. The van der Waals surface area contributed by atoms with Gasteiger partial charge in [0.15, 0.2) is 11.5 Å². The fourth-order valence-corrected chi connectivity index (χ4v) is 5.56. The Balaban J connectivity index is 1.57. The summed E-state index contributed by atoms with van der Waals surface area (Å²) in [6.07, 6.45) is -2.12. The number of aliphatic imine (C=N–C) groups is 1. The maximum atomic E-state index is 13.3. The minimum atomic E-state index is -4.54. The number of ether oxygens (including phenoxy) is 3. The Labute approximate surface area is 209 Å². The van der Waals surface area contributed by atoms with E-state index in [1.54, 1.807) is 23.4 Å². The number of fused-ring (bicyclic) bond motifs is 1. The average Bonchev–Trinajstić information content (AvgIpc) is 3.52. The van der Waals surface area contributed by atoms with Crippen LogP contribution in [0.3, 0.4) is 0 Å². The number of benzene rings is 2. The number of nitrogens with two attached hydrogens (primary N) is 1. The van der Waals surface area contributed by atoms with Gasteiger partial charge in [0, 0.05) is 29.8 Å². The minimum Gasteiger partial charge on any atom is -0.493 e. The zero-order valence-corrected chi connectivity index (χ0v) is 20.6. The molecule has 194 valence electrons. The van der Waals surface area contributed by atoms with Gasteiger partial charge in [-0.25, -0.2) is 4.21 Å². The molecular weight excluding hydrogens is 497 g/mol. The molecule has 0 spiro atoms. The smallest absolute Gasteiger partial charge is 0.416 e. The molecule has 8 nitrogen and oxygen atoms in total. The lowest BCUT2D eigenvalue weighted by molar-refractivity contribution is -0.137. The molecule has 5 rings (SSSR count). The van der Waals surface area contributed by atoms with Crippen molar-refractivity contribution in [3.05, 3.63) is 47.0 Å². The molecule has 2 unspecified atom stereocenters. The molecular formula is C24H27F3N4O4S. The van der Waals surface area contributed by atoms with Gasteiger partial charge in [-0.3, -0.25) is 14.0 Å². The first kappa shape index (κ1) is 24.7. The lowest BCUT2D eigenvalue weighted by Gasteiger charge is -2.32. The number of methoxy groups -OCH3 is 1. The second kappa shape index (κ2) is 9.47. The first-order valence-corrected chi connectivity index (χ1v) is 12.7. The number of nitrogens with one attached hydrogen (secondary N) is 1. The van der Waals surface area contributed by atoms with Gasteiger partial charge in [0.05, 0.1) is 37.6 Å². The van der Waals surface area contributed by atoms with E-state index in [-0.39, 0.29) is 17.8 Å². The standard InChI is InChI=1S/C24H27F3N4O4S/c1-13(14-7-15(24(25,26)27)9-16(28)8-14)29-23-19-10-22(35-18-5-6-34-12-18)21(33-2)11-20(19)31(17-3-4-17)36(32)30-23/h7-11,13,17-18H,3-6,12,28H2,1-2H3,(H,29,30)/t13-,18?,36?/m1/s1. The predicted molar refractivity (Wildman–Crippen MR) is 130 cm³/mol. The molecule has 2 aromatic carbocycles. The third kappa shape index (κ3) is 4.96. The highest BCUT2D eigenvalue weighted by molar-refractivity contribution is 7.85. The molecule has 0 bridgehead atoms. The van der Waals surface area contributed by atoms with E-state index >= 15 is 0 Å². The van der Waals surface area contributed by atoms with Gasteiger partial charge in [-0.05, 0) is 49.6 Å². The van der Waals surface area contributed by atoms with E-state index in [9.17, 15) is 17.4 Å². The van der Waals surface area contributed by atoms with Crippen molar-refractivity contribution in [2.24, 2.45) is 4.99 Å². The monoisotopic (exact) mass is 524 g/mol. The number of nitrogens with zero attached hydrogens (tertiary/aromatic N) is 2. The lowest BCUT2D eigenvalue weighted by Crippen LogP contribution is -2.45. The Bertz CT molecular complexity index is 1210. The van der Waals surface area contributed by atoms with Crippen LogP contribution in [-0.2, 0) is 22.1 Å². The van der Waals surface area contributed by atoms with Crippen molar-refractivity contribution in [3.8, 4) is 11.5 Å². The molecule has 12 heteroatoms. The molecule has 0 amide bonds. The quantitative estimate of drug-likeness (QED) is 0.554. The van der Waals surface area contributed by atoms with Crippen LogP contribution in [0.25, 0.3) is 0 Å². The van der Waals surface area contributed by atoms with Gasteiger partial charge in [-0.15, -0.1) is 0 Å². The summed E-state index contributed by atoms with van der Waals surface area (Å²) in [6, 6.07) is 6.34. The van der Waals surface area contributed by atoms with E-state index < -0.39 is 29.0 Å². The summed E-state index contributed by atoms with van der Waals surface area (Å²) in [5, 5.41) is 0. The van der Waals surface area contributed by atoms with Crippen molar-refractivity contribution < 1.29 is 31.6 Å². The molecule has 1 saturated heterocycles. The van der Waals surface area contributed by atoms with E-state index in [2.05, 4.69) is 9.71 Å². The molecule has 2 aliphatic heterocycles. The highest BCUT2D eigenvalue weighted by atomic mass is 32.2. The van der Waals surface area contributed by atoms with Crippen LogP contribution in [0.15, 0.2) is 35.3 Å². The van der Waals surface area contributed by atoms with Gasteiger partial charge in [-0.1, -0.05) is 0 Å². The summed E-state index contributed by atoms with van der Waals surface area (Å²) in [4.78, 5) is 4.65. The van der Waals surface area contributed by atoms with Crippen LogP contribution in [0.5, 0.6) is 11.5 Å². The summed E-state index contributed by atoms with van der Waals surface area (Å²) in [5.74, 6) is 1.27. The van der Waals surface area contributed by atoms with Crippen molar-refractivity contribution in [2.75, 3.05) is 30.4 Å². The van der Waals surface area contributed by atoms with Crippen molar-refractivity contribution in [1.29, 1.82) is 0 Å². The number of alkyl halides is 3. The number of hydrogen-bond acceptors (Lipinski definition) is 6. The molecule has 0 aromatic heterocycles. The largest absolute Gasteiger partial charge is 0.493 e. The molecule has 2 heterocycles. The van der Waals surface area contributed by atoms with E-state index in [0.717, 1.165) is 31.4 Å². The van der Waals surface area contributed by atoms with Gasteiger partial charge in [-0.2, -0.15) is 13.2 Å². The zero-order chi connectivity index (χ0) is 25.6. The second-order valence-electron chi connectivity index (χ2n) is 9.07. The van der Waals surface area contributed by atoms with Crippen LogP contribution in [0, 0.1) is 0 Å². The maximum Gasteiger partial charge on any atom is 0.416 e. The summed E-state index contributed by atoms with van der Waals surface area (Å²) < 4.78 is 75.0. The summed E-state index contributed by atoms with van der Waals surface area (Å²) in [5.41, 5.74) is 6.49. The van der Waals surface area contributed by atoms with E-state index in [4.69, 9.17) is 19.9 Å². The molecule has 3 atom stereocenters. The molecule has 1 aliphatic carbocycles. The van der Waals surface area contributed by atoms with Crippen molar-refractivity contribution in [3.63, 3.8) is 0 Å². The van der Waals surface area contributed by atoms with Crippen LogP contribution >= 0.6 is 0 Å². The first-order chi connectivity index (χ1) is 17.1. The van der Waals surface area contributed by atoms with Crippen molar-refractivity contribution >= 4 is 28.4 Å². The maximum absolute atomic E-state index is 13.3. The predicted octanol–water partition coefficient (Wildman–Crippen LogP) is 4.12. The summed E-state index contributed by atoms with van der Waals surface area (Å²) in [7, 11) is 1.54. The second-order valence-corrected chi connectivity index (χ2v) is 10.2. The topological polar surface area (TPSA) is 98.4 Å². The zero-order valence-electron chi connectivity index (χ0n) is 19.8. The van der Waals surface area contributed by atoms with Gasteiger partial charge in [0.1, 0.15) is 11.9 Å². The van der Waals surface area contributed by atoms with Crippen LogP contribution < -0.4 is 24.2 Å². The molecule has 2 fully saturated rings. The number of hydrogen-bond donors (Lipinski definition) is 2. The van der Waals surface area contributed by atoms with Crippen LogP contribution in [-0.4, -0.2) is 42.5 Å². The average molecular weight is 525 g/mol. The van der Waals surface area contributed by atoms with Gasteiger partial charge in [0.25, 0.3) is 0 Å². The lowest BCUT2D eigenvalue weighted by atomic mass is 10.0. The van der Waals surface area contributed by atoms with Gasteiger partial charge in [0.2, 0.25) is 11.2 Å². The van der Waals surface area contributed by atoms with E-state index in [1.807, 2.05) is 0 Å². The Morgan fingerprint density at radius 3 is 2.61 bits per heavy atom. The van der Waals surface area contributed by atoms with E-state index in [0.29, 0.717) is 47.4 Å². The molecule has 36 heavy (non-hydrogen) atoms. The van der Waals surface area contributed by atoms with Crippen LogP contribution in [0.1, 0.15) is 48.9 Å². The molecule has 3 aliphatic rings. The highest BCUT2D eigenvalue weighted by Gasteiger charge is 2.40. The Hall–Kier alpha value is -2.99. The summed E-state index contributed by atoms with van der Waals surface area (Å²) in [6.45, 7) is 2.74. The fourth-order valence-electron chi connectivity index (χ4n) is 4.32. The van der Waals surface area contributed by atoms with Crippen LogP contribution in [0.4, 0.5) is 24.5 Å². The number of halogens is 3. The van der Waals surface area contributed by atoms with Gasteiger partial charge < -0.3 is 19.9 Å². The highest BCUT2D eigenvalue weighted by Crippen LogP contribution is 2.43. The Morgan fingerprint density at radius 1 is 1.19 bits per heavy atom. The van der Waals surface area contributed by atoms with Crippen molar-refractivity contribution in [1.82, 2.24) is 4.72 Å². The SMILES string of the molecule is COc1cc2c(cc1OC1CCOC1)C(=N[C@H](C)c1cc(N)cc(C(F)(F)F)c1)NS(=O)N2C1CC1. The number of amidine groups is 1. The fraction of sp³-hybridized carbons (Fsp3) is 0.458. The normalized spacial score (nSPS) is 23.8. The Morgan fingerprint density at radius 2 is 1.97 bits per heavy atom. The molecule has 0 radical (unpaired) electrons. The molecule has 1 saturated carbocycles. The summed E-state index contributed by atoms with van der Waals surface area (Å²) >= 11 is -1.62. The first-order valence-electron chi connectivity index (χ1n) is 11.6. The molecule has 2 aromatic rings. The van der Waals surface area contributed by atoms with Crippen molar-refractivity contribution in [2.45, 2.75) is 50.6 Å². The number of anilines is 2. The van der Waals surface area contributed by atoms with E-state index in [1.165, 1.54) is 13.2 Å². The number of nitrogen functional groups attached to an aromatic ring is 1. The van der Waals surface area contributed by atoms with Crippen LogP contribution in [0.2, 0.25) is 0 Å². The third-order valence-corrected chi connectivity index (χ3v) is 7.53. The van der Waals surface area contributed by atoms with Gasteiger partial charge >= 0.3 is 6.18 Å².